The maximum Gasteiger partial charge on any atom is 0.253 e. The fourth-order valence-corrected chi connectivity index (χ4v) is 3.67. The Hall–Kier alpha value is -2.52. The first-order valence-electron chi connectivity index (χ1n) is 9.10. The Balaban J connectivity index is 0.00000240. The largest absolute Gasteiger partial charge is 0.346 e. The SMILES string of the molecule is CC(c1cn[nH]c1)n1cc(C(=O)NC2CCNC[C@@H]2F)c2c(F)ccc(F)c21.Cl. The van der Waals surface area contributed by atoms with Gasteiger partial charge in [-0.05, 0) is 32.0 Å². The number of amides is 1. The second-order valence-electron chi connectivity index (χ2n) is 7.00. The fraction of sp³-hybridized carbons (Fsp3) is 0.368. The van der Waals surface area contributed by atoms with Crippen LogP contribution in [0.1, 0.15) is 35.3 Å². The number of alkyl halides is 1. The second kappa shape index (κ2) is 8.46. The van der Waals surface area contributed by atoms with Crippen molar-refractivity contribution in [3.63, 3.8) is 0 Å². The van der Waals surface area contributed by atoms with Crippen LogP contribution in [0, 0.1) is 11.6 Å². The smallest absolute Gasteiger partial charge is 0.253 e. The normalized spacial score (nSPS) is 20.3. The van der Waals surface area contributed by atoms with E-state index in [-0.39, 0.29) is 35.4 Å². The number of nitrogens with one attached hydrogen (secondary N) is 3. The van der Waals surface area contributed by atoms with Crippen LogP contribution in [0.15, 0.2) is 30.7 Å². The van der Waals surface area contributed by atoms with Crippen molar-refractivity contribution in [2.24, 2.45) is 0 Å². The number of halogens is 4. The molecule has 156 valence electrons. The minimum atomic E-state index is -1.24. The van der Waals surface area contributed by atoms with Crippen molar-refractivity contribution in [1.29, 1.82) is 0 Å². The van der Waals surface area contributed by atoms with Crippen LogP contribution in [-0.4, -0.2) is 46.0 Å². The third-order valence-electron chi connectivity index (χ3n) is 5.26. The first kappa shape index (κ1) is 21.2. The molecule has 1 aromatic carbocycles. The van der Waals surface area contributed by atoms with Crippen LogP contribution in [-0.2, 0) is 0 Å². The van der Waals surface area contributed by atoms with E-state index in [1.807, 2.05) is 0 Å². The summed E-state index contributed by atoms with van der Waals surface area (Å²) >= 11 is 0. The van der Waals surface area contributed by atoms with Crippen molar-refractivity contribution in [3.05, 3.63) is 53.5 Å². The molecular formula is C19H21ClF3N5O. The van der Waals surface area contributed by atoms with Gasteiger partial charge in [0.1, 0.15) is 17.8 Å². The standard InChI is InChI=1S/C19H20F3N5O.ClH/c1-10(11-6-24-25-7-11)27-9-12(17-13(20)2-3-14(21)18(17)27)19(28)26-16-4-5-23-8-15(16)22;/h2-3,6-7,9-10,15-16,23H,4-5,8H2,1H3,(H,24,25)(H,26,28);1H/t10?,15-,16?;/m0./s1. The number of aromatic nitrogens is 3. The summed E-state index contributed by atoms with van der Waals surface area (Å²) < 4.78 is 44.8. The van der Waals surface area contributed by atoms with Gasteiger partial charge in [-0.3, -0.25) is 9.89 Å². The predicted molar refractivity (Wildman–Crippen MR) is 105 cm³/mol. The lowest BCUT2D eigenvalue weighted by Gasteiger charge is -2.27. The number of aromatic amines is 1. The van der Waals surface area contributed by atoms with Gasteiger partial charge in [-0.15, -0.1) is 12.4 Å². The first-order chi connectivity index (χ1) is 13.5. The quantitative estimate of drug-likeness (QED) is 0.599. The molecule has 3 atom stereocenters. The molecule has 2 unspecified atom stereocenters. The van der Waals surface area contributed by atoms with Crippen LogP contribution in [0.2, 0.25) is 0 Å². The maximum atomic E-state index is 14.6. The zero-order valence-electron chi connectivity index (χ0n) is 15.6. The molecule has 0 spiro atoms. The lowest BCUT2D eigenvalue weighted by molar-refractivity contribution is 0.0893. The highest BCUT2D eigenvalue weighted by atomic mass is 35.5. The fourth-order valence-electron chi connectivity index (χ4n) is 3.67. The number of piperidine rings is 1. The number of H-pyrrole nitrogens is 1. The summed E-state index contributed by atoms with van der Waals surface area (Å²) in [7, 11) is 0. The van der Waals surface area contributed by atoms with Gasteiger partial charge >= 0.3 is 0 Å². The Morgan fingerprint density at radius 3 is 2.79 bits per heavy atom. The van der Waals surface area contributed by atoms with Crippen molar-refractivity contribution < 1.29 is 18.0 Å². The molecule has 1 aliphatic heterocycles. The van der Waals surface area contributed by atoms with Crippen molar-refractivity contribution in [2.45, 2.75) is 31.6 Å². The summed E-state index contributed by atoms with van der Waals surface area (Å²) in [6, 6.07) is 0.952. The lowest BCUT2D eigenvalue weighted by Crippen LogP contribution is -2.50. The molecule has 29 heavy (non-hydrogen) atoms. The molecule has 0 bridgehead atoms. The number of benzene rings is 1. The minimum absolute atomic E-state index is 0. The Kier molecular flexibility index (Phi) is 6.18. The monoisotopic (exact) mass is 427 g/mol. The summed E-state index contributed by atoms with van der Waals surface area (Å²) in [5.74, 6) is -1.97. The van der Waals surface area contributed by atoms with Crippen LogP contribution >= 0.6 is 12.4 Å². The van der Waals surface area contributed by atoms with Gasteiger partial charge < -0.3 is 15.2 Å². The van der Waals surface area contributed by atoms with E-state index in [0.29, 0.717) is 13.0 Å². The maximum absolute atomic E-state index is 14.6. The highest BCUT2D eigenvalue weighted by Crippen LogP contribution is 2.31. The molecule has 0 saturated carbocycles. The van der Waals surface area contributed by atoms with Gasteiger partial charge in [-0.1, -0.05) is 0 Å². The minimum Gasteiger partial charge on any atom is -0.346 e. The first-order valence-corrected chi connectivity index (χ1v) is 9.10. The van der Waals surface area contributed by atoms with Crippen LogP contribution in [0.25, 0.3) is 10.9 Å². The molecule has 0 aliphatic carbocycles. The Bertz CT molecular complexity index is 1010. The molecule has 2 aromatic heterocycles. The number of hydrogen-bond donors (Lipinski definition) is 3. The van der Waals surface area contributed by atoms with Crippen molar-refractivity contribution in [3.8, 4) is 0 Å². The molecule has 3 heterocycles. The molecular weight excluding hydrogens is 407 g/mol. The summed E-state index contributed by atoms with van der Waals surface area (Å²) in [6.45, 7) is 2.52. The van der Waals surface area contributed by atoms with Crippen LogP contribution in [0.5, 0.6) is 0 Å². The van der Waals surface area contributed by atoms with Crippen LogP contribution in [0.4, 0.5) is 13.2 Å². The summed E-state index contributed by atoms with van der Waals surface area (Å²) in [5, 5.41) is 12.0. The van der Waals surface area contributed by atoms with Crippen LogP contribution in [0.3, 0.4) is 0 Å². The molecule has 4 rings (SSSR count). The third-order valence-corrected chi connectivity index (χ3v) is 5.26. The van der Waals surface area contributed by atoms with Gasteiger partial charge in [0.2, 0.25) is 0 Å². The molecule has 1 aliphatic rings. The average molecular weight is 428 g/mol. The molecule has 1 amide bonds. The molecule has 10 heteroatoms. The number of hydrogen-bond acceptors (Lipinski definition) is 3. The third kappa shape index (κ3) is 3.84. The van der Waals surface area contributed by atoms with Gasteiger partial charge in [0, 0.05) is 24.5 Å². The molecule has 3 N–H and O–H groups in total. The van der Waals surface area contributed by atoms with E-state index in [9.17, 15) is 18.0 Å². The van der Waals surface area contributed by atoms with Gasteiger partial charge in [0.05, 0.1) is 34.7 Å². The highest BCUT2D eigenvalue weighted by molar-refractivity contribution is 6.07. The molecule has 3 aromatic rings. The number of carbonyl (C=O) groups is 1. The number of nitrogens with zero attached hydrogens (tertiary/aromatic N) is 2. The number of rotatable bonds is 4. The van der Waals surface area contributed by atoms with Gasteiger partial charge in [0.15, 0.2) is 0 Å². The van der Waals surface area contributed by atoms with E-state index >= 15 is 0 Å². The van der Waals surface area contributed by atoms with E-state index in [2.05, 4.69) is 20.8 Å². The summed E-state index contributed by atoms with van der Waals surface area (Å²) in [6.07, 6.45) is 3.83. The molecule has 1 fully saturated rings. The lowest BCUT2D eigenvalue weighted by atomic mass is 10.0. The Morgan fingerprint density at radius 1 is 1.34 bits per heavy atom. The zero-order chi connectivity index (χ0) is 19.8. The second-order valence-corrected chi connectivity index (χ2v) is 7.00. The van der Waals surface area contributed by atoms with E-state index in [0.717, 1.165) is 17.7 Å². The van der Waals surface area contributed by atoms with Crippen LogP contribution < -0.4 is 10.6 Å². The highest BCUT2D eigenvalue weighted by Gasteiger charge is 2.29. The van der Waals surface area contributed by atoms with E-state index < -0.39 is 35.8 Å². The molecule has 1 saturated heterocycles. The zero-order valence-corrected chi connectivity index (χ0v) is 16.4. The molecule has 6 nitrogen and oxygen atoms in total. The average Bonchev–Trinajstić information content (AvgIpc) is 3.34. The summed E-state index contributed by atoms with van der Waals surface area (Å²) in [4.78, 5) is 12.8. The Morgan fingerprint density at radius 2 is 2.10 bits per heavy atom. The molecule has 0 radical (unpaired) electrons. The van der Waals surface area contributed by atoms with E-state index in [1.54, 1.807) is 19.3 Å². The van der Waals surface area contributed by atoms with Crippen molar-refractivity contribution in [2.75, 3.05) is 13.1 Å². The topological polar surface area (TPSA) is 74.7 Å². The van der Waals surface area contributed by atoms with Gasteiger partial charge in [-0.2, -0.15) is 5.10 Å². The van der Waals surface area contributed by atoms with Crippen molar-refractivity contribution in [1.82, 2.24) is 25.4 Å². The number of carbonyl (C=O) groups excluding carboxylic acids is 1. The van der Waals surface area contributed by atoms with Gasteiger partial charge in [-0.25, -0.2) is 13.2 Å². The van der Waals surface area contributed by atoms with E-state index in [4.69, 9.17) is 0 Å². The Labute approximate surface area is 171 Å². The number of fused-ring (bicyclic) bond motifs is 1. The van der Waals surface area contributed by atoms with Gasteiger partial charge in [0.25, 0.3) is 5.91 Å². The predicted octanol–water partition coefficient (Wildman–Crippen LogP) is 3.10. The van der Waals surface area contributed by atoms with Crippen molar-refractivity contribution >= 4 is 29.2 Å². The summed E-state index contributed by atoms with van der Waals surface area (Å²) in [5.41, 5.74) is 0.712. The van der Waals surface area contributed by atoms with E-state index in [1.165, 1.54) is 10.8 Å².